The molecule has 0 saturated heterocycles. The maximum absolute atomic E-state index is 13.3. The molecular formula is C21H18Cl3N3O3S. The lowest BCUT2D eigenvalue weighted by atomic mass is 10.2. The number of sulfonamides is 1. The molecule has 162 valence electrons. The number of aromatic nitrogens is 1. The molecule has 0 saturated carbocycles. The van der Waals surface area contributed by atoms with E-state index in [4.69, 9.17) is 34.8 Å². The molecule has 0 fully saturated rings. The third-order valence-corrected chi connectivity index (χ3v) is 6.99. The lowest BCUT2D eigenvalue weighted by Gasteiger charge is -2.22. The van der Waals surface area contributed by atoms with Crippen molar-refractivity contribution in [3.05, 3.63) is 93.2 Å². The van der Waals surface area contributed by atoms with Crippen molar-refractivity contribution < 1.29 is 13.2 Å². The topological polar surface area (TPSA) is 79.4 Å². The third-order valence-electron chi connectivity index (χ3n) is 4.35. The Hall–Kier alpha value is -2.16. The number of hydrogen-bond donors (Lipinski definition) is 1. The standard InChI is InChI=1S/C21H18Cl3N3O3S/c22-17-5-7-19(8-6-17)31(29,30)27(13-16-3-4-18(23)10-20(16)24)14-21(28)26-12-15-2-1-9-25-11-15/h1-11H,12-14H2,(H,26,28). The molecule has 10 heteroatoms. The van der Waals surface area contributed by atoms with Gasteiger partial charge in [-0.3, -0.25) is 9.78 Å². The van der Waals surface area contributed by atoms with Gasteiger partial charge in [0.05, 0.1) is 11.4 Å². The molecule has 0 aliphatic rings. The first kappa shape index (κ1) is 23.5. The Kier molecular flexibility index (Phi) is 7.91. The predicted octanol–water partition coefficient (Wildman–Crippen LogP) is 4.55. The van der Waals surface area contributed by atoms with E-state index in [0.717, 1.165) is 9.87 Å². The van der Waals surface area contributed by atoms with Crippen LogP contribution >= 0.6 is 34.8 Å². The summed E-state index contributed by atoms with van der Waals surface area (Å²) >= 11 is 18.1. The Balaban J connectivity index is 1.84. The van der Waals surface area contributed by atoms with Gasteiger partial charge in [-0.05, 0) is 53.6 Å². The van der Waals surface area contributed by atoms with Crippen LogP contribution in [0.15, 0.2) is 71.9 Å². The summed E-state index contributed by atoms with van der Waals surface area (Å²) in [6.07, 6.45) is 3.25. The fraction of sp³-hybridized carbons (Fsp3) is 0.143. The minimum absolute atomic E-state index is 0.0158. The summed E-state index contributed by atoms with van der Waals surface area (Å²) in [4.78, 5) is 16.6. The highest BCUT2D eigenvalue weighted by Crippen LogP contribution is 2.25. The molecule has 0 aliphatic carbocycles. The molecule has 0 atom stereocenters. The molecule has 0 unspecified atom stereocenters. The number of rotatable bonds is 8. The van der Waals surface area contributed by atoms with Crippen molar-refractivity contribution in [1.29, 1.82) is 0 Å². The molecule has 31 heavy (non-hydrogen) atoms. The highest BCUT2D eigenvalue weighted by atomic mass is 35.5. The van der Waals surface area contributed by atoms with Crippen molar-refractivity contribution in [2.24, 2.45) is 0 Å². The second-order valence-corrected chi connectivity index (χ2v) is 9.82. The number of benzene rings is 2. The number of hydrogen-bond acceptors (Lipinski definition) is 4. The van der Waals surface area contributed by atoms with E-state index in [1.165, 1.54) is 30.3 Å². The zero-order valence-corrected chi connectivity index (χ0v) is 19.2. The van der Waals surface area contributed by atoms with Crippen molar-refractivity contribution in [2.45, 2.75) is 18.0 Å². The van der Waals surface area contributed by atoms with E-state index in [1.807, 2.05) is 6.07 Å². The fourth-order valence-electron chi connectivity index (χ4n) is 2.74. The summed E-state index contributed by atoms with van der Waals surface area (Å²) in [6.45, 7) is -0.283. The smallest absolute Gasteiger partial charge is 0.243 e. The van der Waals surface area contributed by atoms with Crippen LogP contribution < -0.4 is 5.32 Å². The van der Waals surface area contributed by atoms with Crippen LogP contribution in [0, 0.1) is 0 Å². The monoisotopic (exact) mass is 497 g/mol. The van der Waals surface area contributed by atoms with Crippen molar-refractivity contribution in [2.75, 3.05) is 6.54 Å². The van der Waals surface area contributed by atoms with Gasteiger partial charge in [0.2, 0.25) is 15.9 Å². The van der Waals surface area contributed by atoms with Crippen molar-refractivity contribution in [3.8, 4) is 0 Å². The van der Waals surface area contributed by atoms with Crippen LogP contribution in [0.25, 0.3) is 0 Å². The second-order valence-electron chi connectivity index (χ2n) is 6.60. The third kappa shape index (κ3) is 6.41. The zero-order chi connectivity index (χ0) is 22.4. The molecule has 6 nitrogen and oxygen atoms in total. The Morgan fingerprint density at radius 3 is 2.35 bits per heavy atom. The molecule has 1 amide bonds. The number of carbonyl (C=O) groups excluding carboxylic acids is 1. The summed E-state index contributed by atoms with van der Waals surface area (Å²) in [5.41, 5.74) is 1.31. The molecule has 0 radical (unpaired) electrons. The molecule has 1 heterocycles. The van der Waals surface area contributed by atoms with E-state index < -0.39 is 22.5 Å². The molecule has 0 bridgehead atoms. The SMILES string of the molecule is O=C(CN(Cc1ccc(Cl)cc1Cl)S(=O)(=O)c1ccc(Cl)cc1)NCc1cccnc1. The average molecular weight is 499 g/mol. The van der Waals surface area contributed by atoms with Gasteiger partial charge in [-0.25, -0.2) is 8.42 Å². The average Bonchev–Trinajstić information content (AvgIpc) is 2.74. The van der Waals surface area contributed by atoms with Gasteiger partial charge in [0, 0.05) is 40.6 Å². The maximum Gasteiger partial charge on any atom is 0.243 e. The van der Waals surface area contributed by atoms with Crippen LogP contribution in [0.1, 0.15) is 11.1 Å². The van der Waals surface area contributed by atoms with Gasteiger partial charge in [-0.15, -0.1) is 0 Å². The molecule has 3 aromatic rings. The highest BCUT2D eigenvalue weighted by Gasteiger charge is 2.27. The van der Waals surface area contributed by atoms with Crippen molar-refractivity contribution >= 4 is 50.7 Å². The van der Waals surface area contributed by atoms with Crippen LogP contribution in [0.3, 0.4) is 0 Å². The van der Waals surface area contributed by atoms with E-state index in [0.29, 0.717) is 20.6 Å². The second kappa shape index (κ2) is 10.4. The van der Waals surface area contributed by atoms with Gasteiger partial charge < -0.3 is 5.32 Å². The highest BCUT2D eigenvalue weighted by molar-refractivity contribution is 7.89. The first-order valence-electron chi connectivity index (χ1n) is 9.11. The molecule has 2 aromatic carbocycles. The van der Waals surface area contributed by atoms with Crippen LogP contribution in [0.5, 0.6) is 0 Å². The summed E-state index contributed by atoms with van der Waals surface area (Å²) < 4.78 is 27.6. The Morgan fingerprint density at radius 1 is 1.00 bits per heavy atom. The van der Waals surface area contributed by atoms with Gasteiger partial charge in [0.25, 0.3) is 0 Å². The summed E-state index contributed by atoms with van der Waals surface area (Å²) in [7, 11) is -4.01. The lowest BCUT2D eigenvalue weighted by Crippen LogP contribution is -2.40. The number of amides is 1. The first-order valence-corrected chi connectivity index (χ1v) is 11.7. The van der Waals surface area contributed by atoms with Gasteiger partial charge in [-0.1, -0.05) is 46.9 Å². The quantitative estimate of drug-likeness (QED) is 0.494. The first-order chi connectivity index (χ1) is 14.8. The zero-order valence-electron chi connectivity index (χ0n) is 16.1. The largest absolute Gasteiger partial charge is 0.351 e. The Morgan fingerprint density at radius 2 is 1.71 bits per heavy atom. The molecule has 0 spiro atoms. The minimum atomic E-state index is -4.01. The van der Waals surface area contributed by atoms with Crippen LogP contribution in [-0.2, 0) is 27.9 Å². The van der Waals surface area contributed by atoms with E-state index >= 15 is 0 Å². The Labute approximate surface area is 195 Å². The van der Waals surface area contributed by atoms with Gasteiger partial charge in [-0.2, -0.15) is 4.31 Å². The lowest BCUT2D eigenvalue weighted by molar-refractivity contribution is -0.121. The Bertz CT molecular complexity index is 1160. The number of nitrogens with zero attached hydrogens (tertiary/aromatic N) is 2. The van der Waals surface area contributed by atoms with Gasteiger partial charge in [0.1, 0.15) is 0 Å². The summed E-state index contributed by atoms with van der Waals surface area (Å²) in [5.74, 6) is -0.466. The van der Waals surface area contributed by atoms with E-state index in [2.05, 4.69) is 10.3 Å². The van der Waals surface area contributed by atoms with Crippen molar-refractivity contribution in [1.82, 2.24) is 14.6 Å². The van der Waals surface area contributed by atoms with Crippen LogP contribution in [0.4, 0.5) is 0 Å². The molecule has 1 aromatic heterocycles. The maximum atomic E-state index is 13.3. The van der Waals surface area contributed by atoms with Crippen LogP contribution in [-0.4, -0.2) is 30.2 Å². The normalized spacial score (nSPS) is 11.5. The summed E-state index contributed by atoms with van der Waals surface area (Å²) in [6, 6.07) is 14.1. The molecule has 3 rings (SSSR count). The van der Waals surface area contributed by atoms with Gasteiger partial charge >= 0.3 is 0 Å². The minimum Gasteiger partial charge on any atom is -0.351 e. The molecular weight excluding hydrogens is 481 g/mol. The summed E-state index contributed by atoms with van der Waals surface area (Å²) in [5, 5.41) is 3.85. The number of halogens is 3. The number of carbonyl (C=O) groups is 1. The fourth-order valence-corrected chi connectivity index (χ4v) is 4.71. The predicted molar refractivity (Wildman–Crippen MR) is 122 cm³/mol. The number of pyridine rings is 1. The molecule has 1 N–H and O–H groups in total. The van der Waals surface area contributed by atoms with Crippen LogP contribution in [0.2, 0.25) is 15.1 Å². The van der Waals surface area contributed by atoms with E-state index in [-0.39, 0.29) is 18.0 Å². The van der Waals surface area contributed by atoms with Gasteiger partial charge in [0.15, 0.2) is 0 Å². The van der Waals surface area contributed by atoms with Crippen molar-refractivity contribution in [3.63, 3.8) is 0 Å². The number of nitrogens with one attached hydrogen (secondary N) is 1. The molecule has 0 aliphatic heterocycles. The van der Waals surface area contributed by atoms with E-state index in [9.17, 15) is 13.2 Å². The van der Waals surface area contributed by atoms with E-state index in [1.54, 1.807) is 30.6 Å².